The van der Waals surface area contributed by atoms with E-state index in [4.69, 9.17) is 0 Å². The third kappa shape index (κ3) is 3.83. The first-order valence-electron chi connectivity index (χ1n) is 8.53. The zero-order valence-corrected chi connectivity index (χ0v) is 14.0. The van der Waals surface area contributed by atoms with E-state index < -0.39 is 0 Å². The fourth-order valence-corrected chi connectivity index (χ4v) is 3.37. The van der Waals surface area contributed by atoms with Crippen molar-refractivity contribution in [3.8, 4) is 0 Å². The Balaban J connectivity index is 1.60. The lowest BCUT2D eigenvalue weighted by atomic mass is 9.92. The Hall–Kier alpha value is -2.06. The summed E-state index contributed by atoms with van der Waals surface area (Å²) in [6.07, 6.45) is 2.29. The van der Waals surface area contributed by atoms with Crippen LogP contribution in [-0.2, 0) is 19.5 Å². The van der Waals surface area contributed by atoms with Gasteiger partial charge < -0.3 is 10.2 Å². The Morgan fingerprint density at radius 1 is 1.09 bits per heavy atom. The first-order valence-corrected chi connectivity index (χ1v) is 8.53. The molecule has 120 valence electrons. The number of nitrogens with one attached hydrogen (secondary N) is 1. The van der Waals surface area contributed by atoms with E-state index in [-0.39, 0.29) is 0 Å². The van der Waals surface area contributed by atoms with Crippen molar-refractivity contribution >= 4 is 0 Å². The van der Waals surface area contributed by atoms with E-state index in [1.807, 2.05) is 0 Å². The molecule has 3 rings (SSSR count). The highest BCUT2D eigenvalue weighted by atomic mass is 15.2. The topological polar surface area (TPSA) is 15.3 Å². The highest BCUT2D eigenvalue weighted by Crippen LogP contribution is 2.27. The summed E-state index contributed by atoms with van der Waals surface area (Å²) in [4.78, 5) is 2.49. The minimum atomic E-state index is 0.566. The van der Waals surface area contributed by atoms with Crippen LogP contribution in [-0.4, -0.2) is 17.5 Å². The Kier molecular flexibility index (Phi) is 5.14. The predicted molar refractivity (Wildman–Crippen MR) is 97.1 cm³/mol. The third-order valence-electron chi connectivity index (χ3n) is 4.73. The summed E-state index contributed by atoms with van der Waals surface area (Å²) in [5.41, 5.74) is 5.46. The van der Waals surface area contributed by atoms with Crippen LogP contribution >= 0.6 is 0 Å². The average Bonchev–Trinajstić information content (AvgIpc) is 2.61. The van der Waals surface area contributed by atoms with Crippen molar-refractivity contribution in [2.24, 2.45) is 0 Å². The maximum atomic E-state index is 4.34. The standard InChI is InChI=1S/C21H26N2/c1-3-21-13-19-11-7-8-12-20(19)16-23(21)17(2)14-22-15-18-9-5-4-6-10-18/h4-12,21-22H,2-3,13-16H2,1H3. The molecule has 1 unspecified atom stereocenters. The van der Waals surface area contributed by atoms with Gasteiger partial charge in [0.1, 0.15) is 0 Å². The molecule has 0 bridgehead atoms. The molecule has 0 fully saturated rings. The van der Waals surface area contributed by atoms with Gasteiger partial charge in [-0.25, -0.2) is 0 Å². The van der Waals surface area contributed by atoms with Crippen LogP contribution < -0.4 is 5.32 Å². The quantitative estimate of drug-likeness (QED) is 0.863. The molecule has 2 heteroatoms. The molecule has 1 atom stereocenters. The smallest absolute Gasteiger partial charge is 0.0432 e. The Bertz CT molecular complexity index is 648. The Morgan fingerprint density at radius 2 is 1.78 bits per heavy atom. The molecular weight excluding hydrogens is 280 g/mol. The van der Waals surface area contributed by atoms with Gasteiger partial charge in [0.2, 0.25) is 0 Å². The molecule has 0 radical (unpaired) electrons. The molecular formula is C21H26N2. The lowest BCUT2D eigenvalue weighted by Crippen LogP contribution is -2.41. The first kappa shape index (κ1) is 15.8. The Labute approximate surface area is 139 Å². The van der Waals surface area contributed by atoms with Crippen LogP contribution in [0.25, 0.3) is 0 Å². The molecule has 0 saturated heterocycles. The van der Waals surface area contributed by atoms with Gasteiger partial charge in [-0.3, -0.25) is 0 Å². The van der Waals surface area contributed by atoms with Gasteiger partial charge in [0.25, 0.3) is 0 Å². The van der Waals surface area contributed by atoms with Crippen LogP contribution in [0.2, 0.25) is 0 Å². The van der Waals surface area contributed by atoms with Gasteiger partial charge >= 0.3 is 0 Å². The molecule has 1 N–H and O–H groups in total. The van der Waals surface area contributed by atoms with Gasteiger partial charge in [0.05, 0.1) is 0 Å². The lowest BCUT2D eigenvalue weighted by Gasteiger charge is -2.39. The van der Waals surface area contributed by atoms with Crippen molar-refractivity contribution in [1.29, 1.82) is 0 Å². The van der Waals surface area contributed by atoms with Gasteiger partial charge in [-0.1, -0.05) is 68.1 Å². The second-order valence-electron chi connectivity index (χ2n) is 6.32. The minimum Gasteiger partial charge on any atom is -0.367 e. The molecule has 1 aliphatic heterocycles. The number of nitrogens with zero attached hydrogens (tertiary/aromatic N) is 1. The molecule has 2 aromatic rings. The normalized spacial score (nSPS) is 16.9. The molecule has 1 aliphatic rings. The second-order valence-corrected chi connectivity index (χ2v) is 6.32. The molecule has 2 nitrogen and oxygen atoms in total. The van der Waals surface area contributed by atoms with E-state index in [0.29, 0.717) is 6.04 Å². The Morgan fingerprint density at radius 3 is 2.52 bits per heavy atom. The maximum Gasteiger partial charge on any atom is 0.0432 e. The zero-order chi connectivity index (χ0) is 16.1. The molecule has 0 saturated carbocycles. The fourth-order valence-electron chi connectivity index (χ4n) is 3.37. The molecule has 23 heavy (non-hydrogen) atoms. The van der Waals surface area contributed by atoms with Crippen LogP contribution in [0.15, 0.2) is 66.9 Å². The summed E-state index contributed by atoms with van der Waals surface area (Å²) < 4.78 is 0. The van der Waals surface area contributed by atoms with Crippen LogP contribution in [0.4, 0.5) is 0 Å². The summed E-state index contributed by atoms with van der Waals surface area (Å²) in [6, 6.07) is 19.9. The average molecular weight is 306 g/mol. The zero-order valence-electron chi connectivity index (χ0n) is 14.0. The molecule has 2 aromatic carbocycles. The van der Waals surface area contributed by atoms with Gasteiger partial charge in [0, 0.05) is 31.4 Å². The lowest BCUT2D eigenvalue weighted by molar-refractivity contribution is 0.214. The van der Waals surface area contributed by atoms with Crippen LogP contribution in [0.3, 0.4) is 0 Å². The third-order valence-corrected chi connectivity index (χ3v) is 4.73. The van der Waals surface area contributed by atoms with E-state index in [2.05, 4.69) is 78.3 Å². The second kappa shape index (κ2) is 7.47. The summed E-state index contributed by atoms with van der Waals surface area (Å²) in [5.74, 6) is 0. The SMILES string of the molecule is C=C(CNCc1ccccc1)N1Cc2ccccc2CC1CC. The van der Waals surface area contributed by atoms with Crippen molar-refractivity contribution < 1.29 is 0 Å². The van der Waals surface area contributed by atoms with Crippen LogP contribution in [0, 0.1) is 0 Å². The summed E-state index contributed by atoms with van der Waals surface area (Å²) in [5, 5.41) is 3.53. The van der Waals surface area contributed by atoms with E-state index in [9.17, 15) is 0 Å². The molecule has 0 amide bonds. The van der Waals surface area contributed by atoms with E-state index in [1.165, 1.54) is 22.4 Å². The number of rotatable bonds is 6. The van der Waals surface area contributed by atoms with Gasteiger partial charge in [-0.05, 0) is 29.5 Å². The van der Waals surface area contributed by atoms with Gasteiger partial charge in [-0.2, -0.15) is 0 Å². The summed E-state index contributed by atoms with van der Waals surface area (Å²) >= 11 is 0. The van der Waals surface area contributed by atoms with Crippen molar-refractivity contribution in [3.05, 3.63) is 83.6 Å². The number of hydrogen-bond acceptors (Lipinski definition) is 2. The predicted octanol–water partition coefficient (Wildman–Crippen LogP) is 4.13. The van der Waals surface area contributed by atoms with E-state index in [0.717, 1.165) is 32.5 Å². The largest absolute Gasteiger partial charge is 0.367 e. The number of fused-ring (bicyclic) bond motifs is 1. The van der Waals surface area contributed by atoms with Crippen molar-refractivity contribution in [2.45, 2.75) is 38.9 Å². The number of hydrogen-bond donors (Lipinski definition) is 1. The van der Waals surface area contributed by atoms with Gasteiger partial charge in [0.15, 0.2) is 0 Å². The van der Waals surface area contributed by atoms with Crippen molar-refractivity contribution in [2.75, 3.05) is 6.54 Å². The minimum absolute atomic E-state index is 0.566. The monoisotopic (exact) mass is 306 g/mol. The van der Waals surface area contributed by atoms with Crippen molar-refractivity contribution in [1.82, 2.24) is 10.2 Å². The molecule has 0 aliphatic carbocycles. The molecule has 0 aromatic heterocycles. The van der Waals surface area contributed by atoms with Crippen LogP contribution in [0.5, 0.6) is 0 Å². The first-order chi connectivity index (χ1) is 11.3. The van der Waals surface area contributed by atoms with E-state index >= 15 is 0 Å². The number of benzene rings is 2. The summed E-state index contributed by atoms with van der Waals surface area (Å²) in [7, 11) is 0. The maximum absolute atomic E-state index is 4.34. The fraction of sp³-hybridized carbons (Fsp3) is 0.333. The van der Waals surface area contributed by atoms with Gasteiger partial charge in [-0.15, -0.1) is 0 Å². The highest BCUT2D eigenvalue weighted by molar-refractivity contribution is 5.31. The highest BCUT2D eigenvalue weighted by Gasteiger charge is 2.25. The van der Waals surface area contributed by atoms with Crippen LogP contribution in [0.1, 0.15) is 30.0 Å². The molecule has 1 heterocycles. The molecule has 0 spiro atoms. The van der Waals surface area contributed by atoms with Crippen molar-refractivity contribution in [3.63, 3.8) is 0 Å². The van der Waals surface area contributed by atoms with E-state index in [1.54, 1.807) is 0 Å². The summed E-state index contributed by atoms with van der Waals surface area (Å²) in [6.45, 7) is 9.34.